The fourth-order valence-corrected chi connectivity index (χ4v) is 4.68. The van der Waals surface area contributed by atoms with Crippen LogP contribution in [-0.4, -0.2) is 22.4 Å². The lowest BCUT2D eigenvalue weighted by Crippen LogP contribution is -2.17. The number of carbonyl (C=O) groups is 1. The lowest BCUT2D eigenvalue weighted by atomic mass is 9.77. The number of benzene rings is 2. The summed E-state index contributed by atoms with van der Waals surface area (Å²) in [6.07, 6.45) is 4.36. The van der Waals surface area contributed by atoms with Gasteiger partial charge in [0.1, 0.15) is 5.75 Å². The van der Waals surface area contributed by atoms with E-state index in [1.54, 1.807) is 18.2 Å². The number of nitrogens with one attached hydrogen (secondary N) is 1. The Balaban J connectivity index is 1.86. The maximum Gasteiger partial charge on any atom is 0.573 e. The molecule has 0 amide bonds. The van der Waals surface area contributed by atoms with Gasteiger partial charge in [0.15, 0.2) is 0 Å². The number of hydrogen-bond acceptors (Lipinski definition) is 2. The normalized spacial score (nSPS) is 18.9. The van der Waals surface area contributed by atoms with E-state index in [1.807, 2.05) is 56.3 Å². The zero-order valence-electron chi connectivity index (χ0n) is 19.8. The van der Waals surface area contributed by atoms with E-state index in [0.717, 1.165) is 39.4 Å². The third-order valence-corrected chi connectivity index (χ3v) is 6.18. The third kappa shape index (κ3) is 5.79. The summed E-state index contributed by atoms with van der Waals surface area (Å²) < 4.78 is 42.9. The first-order chi connectivity index (χ1) is 17.1. The van der Waals surface area contributed by atoms with E-state index in [0.29, 0.717) is 12.0 Å². The summed E-state index contributed by atoms with van der Waals surface area (Å²) in [5, 5.41) is 9.99. The Labute approximate surface area is 207 Å². The molecule has 2 N–H and O–H groups in total. The van der Waals surface area contributed by atoms with Gasteiger partial charge in [0.05, 0.1) is 0 Å². The number of ether oxygens (including phenoxy) is 1. The van der Waals surface area contributed by atoms with E-state index in [9.17, 15) is 18.0 Å². The van der Waals surface area contributed by atoms with Gasteiger partial charge in [-0.25, -0.2) is 4.79 Å². The van der Waals surface area contributed by atoms with Crippen LogP contribution in [0.5, 0.6) is 5.75 Å². The summed E-state index contributed by atoms with van der Waals surface area (Å²) in [4.78, 5) is 14.4. The predicted molar refractivity (Wildman–Crippen MR) is 135 cm³/mol. The van der Waals surface area contributed by atoms with E-state index in [-0.39, 0.29) is 17.6 Å². The third-order valence-electron chi connectivity index (χ3n) is 6.18. The van der Waals surface area contributed by atoms with E-state index in [1.165, 1.54) is 12.1 Å². The molecule has 4 nitrogen and oxygen atoms in total. The van der Waals surface area contributed by atoms with Crippen molar-refractivity contribution in [2.75, 3.05) is 0 Å². The molecule has 3 aromatic rings. The number of aromatic nitrogens is 1. The fourth-order valence-electron chi connectivity index (χ4n) is 4.68. The molecule has 0 bridgehead atoms. The van der Waals surface area contributed by atoms with Crippen molar-refractivity contribution in [3.63, 3.8) is 0 Å². The molecule has 1 heterocycles. The monoisotopic (exact) mass is 493 g/mol. The average molecular weight is 494 g/mol. The van der Waals surface area contributed by atoms with Crippen LogP contribution in [0, 0.1) is 11.8 Å². The largest absolute Gasteiger partial charge is 0.573 e. The highest BCUT2D eigenvalue weighted by Crippen LogP contribution is 2.42. The van der Waals surface area contributed by atoms with Crippen LogP contribution < -0.4 is 4.74 Å². The fraction of sp³-hybridized carbons (Fsp3) is 0.207. The van der Waals surface area contributed by atoms with Crippen LogP contribution in [0.15, 0.2) is 90.6 Å². The van der Waals surface area contributed by atoms with Crippen molar-refractivity contribution in [1.82, 2.24) is 4.98 Å². The van der Waals surface area contributed by atoms with Gasteiger partial charge < -0.3 is 14.8 Å². The van der Waals surface area contributed by atoms with Crippen molar-refractivity contribution in [1.29, 1.82) is 0 Å². The number of rotatable bonds is 7. The number of halogens is 3. The van der Waals surface area contributed by atoms with Gasteiger partial charge in [0, 0.05) is 23.2 Å². The van der Waals surface area contributed by atoms with E-state index < -0.39 is 12.3 Å². The highest BCUT2D eigenvalue weighted by Gasteiger charge is 2.31. The Bertz CT molecular complexity index is 1360. The van der Waals surface area contributed by atoms with Crippen molar-refractivity contribution in [2.24, 2.45) is 11.8 Å². The summed E-state index contributed by atoms with van der Waals surface area (Å²) in [6.45, 7) is 4.02. The molecule has 0 aliphatic heterocycles. The van der Waals surface area contributed by atoms with Crippen molar-refractivity contribution in [3.8, 4) is 5.75 Å². The van der Waals surface area contributed by atoms with Crippen LogP contribution in [0.1, 0.15) is 31.5 Å². The van der Waals surface area contributed by atoms with E-state index >= 15 is 0 Å². The molecule has 0 fully saturated rings. The molecular formula is C29H26F3NO3. The molecule has 1 aromatic heterocycles. The first kappa shape index (κ1) is 25.1. The summed E-state index contributed by atoms with van der Waals surface area (Å²) in [6, 6.07) is 16.0. The number of aromatic amines is 1. The van der Waals surface area contributed by atoms with E-state index in [4.69, 9.17) is 5.11 Å². The van der Waals surface area contributed by atoms with Crippen molar-refractivity contribution in [2.45, 2.75) is 26.6 Å². The van der Waals surface area contributed by atoms with Crippen LogP contribution in [-0.2, 0) is 4.79 Å². The second-order valence-corrected chi connectivity index (χ2v) is 8.67. The smallest absolute Gasteiger partial charge is 0.478 e. The molecule has 0 spiro atoms. The molecule has 4 rings (SSSR count). The molecule has 1 aliphatic carbocycles. The standard InChI is InChI=1S/C29H26F3NO3/c1-3-23(20-8-6-9-22(16-20)36-29(30,31)32)28(26-17-21-7-4-5-10-25(21)33-26)24-13-11-19(15-18(24)2)12-14-27(34)35/h4-18,24,33H,3H2,1-2H3,(H,34,35)/b14-12+,28-23+. The highest BCUT2D eigenvalue weighted by atomic mass is 19.4. The molecule has 36 heavy (non-hydrogen) atoms. The molecular weight excluding hydrogens is 467 g/mol. The Kier molecular flexibility index (Phi) is 7.20. The highest BCUT2D eigenvalue weighted by molar-refractivity contribution is 5.95. The minimum atomic E-state index is -4.78. The van der Waals surface area contributed by atoms with Gasteiger partial charge in [-0.1, -0.05) is 62.4 Å². The number of aliphatic carboxylic acids is 1. The number of fused-ring (bicyclic) bond motifs is 1. The maximum absolute atomic E-state index is 12.9. The molecule has 0 saturated carbocycles. The number of carboxylic acid groups (broad SMARTS) is 1. The van der Waals surface area contributed by atoms with Crippen LogP contribution in [0.3, 0.4) is 0 Å². The number of allylic oxidation sites excluding steroid dienone is 7. The molecule has 1 aliphatic rings. The molecule has 0 radical (unpaired) electrons. The van der Waals surface area contributed by atoms with Crippen molar-refractivity contribution < 1.29 is 27.8 Å². The number of para-hydroxylation sites is 1. The van der Waals surface area contributed by atoms with Gasteiger partial charge in [-0.05, 0) is 70.3 Å². The Morgan fingerprint density at radius 1 is 1.14 bits per heavy atom. The lowest BCUT2D eigenvalue weighted by Gasteiger charge is -2.28. The Hall–Kier alpha value is -4.00. The lowest BCUT2D eigenvalue weighted by molar-refractivity contribution is -0.274. The summed E-state index contributed by atoms with van der Waals surface area (Å²) in [5.74, 6) is -1.38. The van der Waals surface area contributed by atoms with Crippen LogP contribution in [0.25, 0.3) is 22.0 Å². The van der Waals surface area contributed by atoms with Gasteiger partial charge in [0.25, 0.3) is 0 Å². The molecule has 2 unspecified atom stereocenters. The number of alkyl halides is 3. The zero-order valence-corrected chi connectivity index (χ0v) is 19.8. The quantitative estimate of drug-likeness (QED) is 0.331. The minimum absolute atomic E-state index is 0.000940. The molecule has 2 atom stereocenters. The molecule has 2 aromatic carbocycles. The Morgan fingerprint density at radius 2 is 1.92 bits per heavy atom. The summed E-state index contributed by atoms with van der Waals surface area (Å²) in [5.41, 5.74) is 5.15. The van der Waals surface area contributed by atoms with Gasteiger partial charge in [-0.2, -0.15) is 0 Å². The van der Waals surface area contributed by atoms with Gasteiger partial charge >= 0.3 is 12.3 Å². The first-order valence-electron chi connectivity index (χ1n) is 11.6. The zero-order chi connectivity index (χ0) is 25.9. The van der Waals surface area contributed by atoms with Crippen LogP contribution in [0.2, 0.25) is 0 Å². The second-order valence-electron chi connectivity index (χ2n) is 8.67. The second kappa shape index (κ2) is 10.3. The van der Waals surface area contributed by atoms with Crippen LogP contribution in [0.4, 0.5) is 13.2 Å². The van der Waals surface area contributed by atoms with Crippen molar-refractivity contribution >= 4 is 28.0 Å². The van der Waals surface area contributed by atoms with Gasteiger partial charge in [-0.15, -0.1) is 13.2 Å². The van der Waals surface area contributed by atoms with E-state index in [2.05, 4.69) is 15.8 Å². The minimum Gasteiger partial charge on any atom is -0.478 e. The number of hydrogen-bond donors (Lipinski definition) is 2. The topological polar surface area (TPSA) is 62.3 Å². The summed E-state index contributed by atoms with van der Waals surface area (Å²) >= 11 is 0. The predicted octanol–water partition coefficient (Wildman–Crippen LogP) is 7.78. The SMILES string of the molecule is CC/C(=C(\c1cc2ccccc2[nH]1)C1C=CC(/C=C/C(=O)O)=CC1C)c1cccc(OC(F)(F)F)c1. The summed E-state index contributed by atoms with van der Waals surface area (Å²) in [7, 11) is 0. The first-order valence-corrected chi connectivity index (χ1v) is 11.6. The molecule has 186 valence electrons. The van der Waals surface area contributed by atoms with Crippen molar-refractivity contribution in [3.05, 3.63) is 102 Å². The Morgan fingerprint density at radius 3 is 2.58 bits per heavy atom. The van der Waals surface area contributed by atoms with Crippen LogP contribution >= 0.6 is 0 Å². The molecule has 7 heteroatoms. The number of carboxylic acids is 1. The maximum atomic E-state index is 12.9. The average Bonchev–Trinajstić information content (AvgIpc) is 3.24. The van der Waals surface area contributed by atoms with Gasteiger partial charge in [0.2, 0.25) is 0 Å². The van der Waals surface area contributed by atoms with Gasteiger partial charge in [-0.3, -0.25) is 0 Å². The molecule has 0 saturated heterocycles. The number of H-pyrrole nitrogens is 1.